The molecule has 0 saturated carbocycles. The number of benzene rings is 1. The SMILES string of the molecule is CN=C(NCCCOCC1CCOCC1)NCc1ccccc1OC(F)(F)F. The van der Waals surface area contributed by atoms with E-state index in [2.05, 4.69) is 20.4 Å². The van der Waals surface area contributed by atoms with Crippen molar-refractivity contribution in [1.82, 2.24) is 10.6 Å². The van der Waals surface area contributed by atoms with E-state index >= 15 is 0 Å². The number of aliphatic imine (C=N–C) groups is 1. The fraction of sp³-hybridized carbons (Fsp3) is 0.632. The zero-order chi connectivity index (χ0) is 20.2. The van der Waals surface area contributed by atoms with Gasteiger partial charge in [0.25, 0.3) is 0 Å². The van der Waals surface area contributed by atoms with Crippen LogP contribution in [0.3, 0.4) is 0 Å². The van der Waals surface area contributed by atoms with E-state index in [1.807, 2.05) is 0 Å². The number of ether oxygens (including phenoxy) is 3. The summed E-state index contributed by atoms with van der Waals surface area (Å²) in [5.74, 6) is 0.862. The molecule has 1 fully saturated rings. The Bertz CT molecular complexity index is 606. The summed E-state index contributed by atoms with van der Waals surface area (Å²) in [5.41, 5.74) is 0.391. The van der Waals surface area contributed by atoms with Crippen LogP contribution < -0.4 is 15.4 Å². The Morgan fingerprint density at radius 3 is 2.68 bits per heavy atom. The molecule has 0 unspecified atom stereocenters. The molecule has 1 aliphatic heterocycles. The van der Waals surface area contributed by atoms with Crippen molar-refractivity contribution in [1.29, 1.82) is 0 Å². The maximum atomic E-state index is 12.5. The summed E-state index contributed by atoms with van der Waals surface area (Å²) in [5, 5.41) is 6.11. The van der Waals surface area contributed by atoms with Gasteiger partial charge < -0.3 is 24.8 Å². The van der Waals surface area contributed by atoms with Gasteiger partial charge in [-0.05, 0) is 31.2 Å². The zero-order valence-corrected chi connectivity index (χ0v) is 16.1. The van der Waals surface area contributed by atoms with E-state index in [0.29, 0.717) is 30.6 Å². The minimum atomic E-state index is -4.72. The van der Waals surface area contributed by atoms with Gasteiger partial charge in [0, 0.05) is 52.1 Å². The molecular formula is C19H28F3N3O3. The van der Waals surface area contributed by atoms with Gasteiger partial charge in [0.1, 0.15) is 5.75 Å². The number of nitrogens with one attached hydrogen (secondary N) is 2. The summed E-state index contributed by atoms with van der Waals surface area (Å²) in [4.78, 5) is 4.08. The summed E-state index contributed by atoms with van der Waals surface area (Å²) in [6, 6.07) is 6.02. The third kappa shape index (κ3) is 8.79. The first kappa shape index (κ1) is 22.3. The van der Waals surface area contributed by atoms with Gasteiger partial charge in [-0.1, -0.05) is 18.2 Å². The molecule has 1 aromatic carbocycles. The van der Waals surface area contributed by atoms with Crippen LogP contribution in [0.15, 0.2) is 29.3 Å². The van der Waals surface area contributed by atoms with Crippen LogP contribution in [0.4, 0.5) is 13.2 Å². The molecule has 9 heteroatoms. The first-order valence-corrected chi connectivity index (χ1v) is 9.41. The number of guanidine groups is 1. The second-order valence-electron chi connectivity index (χ2n) is 6.49. The lowest BCUT2D eigenvalue weighted by Crippen LogP contribution is -2.37. The summed E-state index contributed by atoms with van der Waals surface area (Å²) in [6.45, 7) is 3.83. The van der Waals surface area contributed by atoms with Gasteiger partial charge in [0.2, 0.25) is 0 Å². The lowest BCUT2D eigenvalue weighted by atomic mass is 10.0. The normalized spacial score (nSPS) is 16.1. The first-order valence-electron chi connectivity index (χ1n) is 9.41. The van der Waals surface area contributed by atoms with Gasteiger partial charge in [0.05, 0.1) is 0 Å². The molecule has 2 rings (SSSR count). The zero-order valence-electron chi connectivity index (χ0n) is 16.1. The smallest absolute Gasteiger partial charge is 0.405 e. The van der Waals surface area contributed by atoms with Crippen molar-refractivity contribution in [2.24, 2.45) is 10.9 Å². The van der Waals surface area contributed by atoms with Crippen molar-refractivity contribution < 1.29 is 27.4 Å². The molecule has 1 aromatic rings. The highest BCUT2D eigenvalue weighted by molar-refractivity contribution is 5.79. The third-order valence-electron chi connectivity index (χ3n) is 4.32. The second-order valence-corrected chi connectivity index (χ2v) is 6.49. The topological polar surface area (TPSA) is 64.1 Å². The highest BCUT2D eigenvalue weighted by atomic mass is 19.4. The molecule has 0 amide bonds. The third-order valence-corrected chi connectivity index (χ3v) is 4.32. The average molecular weight is 403 g/mol. The van der Waals surface area contributed by atoms with E-state index in [1.165, 1.54) is 12.1 Å². The molecule has 0 radical (unpaired) electrons. The molecule has 0 spiro atoms. The van der Waals surface area contributed by atoms with Crippen LogP contribution in [0.25, 0.3) is 0 Å². The highest BCUT2D eigenvalue weighted by Gasteiger charge is 2.31. The van der Waals surface area contributed by atoms with Gasteiger partial charge >= 0.3 is 6.36 Å². The van der Waals surface area contributed by atoms with Crippen molar-refractivity contribution in [3.05, 3.63) is 29.8 Å². The van der Waals surface area contributed by atoms with E-state index in [9.17, 15) is 13.2 Å². The second kappa shape index (κ2) is 11.8. The number of halogens is 3. The number of rotatable bonds is 9. The number of hydrogen-bond acceptors (Lipinski definition) is 4. The lowest BCUT2D eigenvalue weighted by Gasteiger charge is -2.21. The lowest BCUT2D eigenvalue weighted by molar-refractivity contribution is -0.274. The van der Waals surface area contributed by atoms with Crippen LogP contribution in [0.1, 0.15) is 24.8 Å². The fourth-order valence-electron chi connectivity index (χ4n) is 2.82. The van der Waals surface area contributed by atoms with Gasteiger partial charge in [-0.3, -0.25) is 4.99 Å². The quantitative estimate of drug-likeness (QED) is 0.377. The largest absolute Gasteiger partial charge is 0.573 e. The van der Waals surface area contributed by atoms with Gasteiger partial charge in [-0.15, -0.1) is 13.2 Å². The summed E-state index contributed by atoms with van der Waals surface area (Å²) < 4.78 is 52.5. The Morgan fingerprint density at radius 2 is 1.96 bits per heavy atom. The minimum absolute atomic E-state index is 0.159. The van der Waals surface area contributed by atoms with Crippen molar-refractivity contribution in [2.45, 2.75) is 32.2 Å². The number of alkyl halides is 3. The maximum Gasteiger partial charge on any atom is 0.573 e. The van der Waals surface area contributed by atoms with Crippen LogP contribution in [0, 0.1) is 5.92 Å². The molecule has 0 aromatic heterocycles. The Labute approximate surface area is 163 Å². The maximum absolute atomic E-state index is 12.5. The molecule has 2 N–H and O–H groups in total. The summed E-state index contributed by atoms with van der Waals surface area (Å²) >= 11 is 0. The van der Waals surface area contributed by atoms with Gasteiger partial charge in [0.15, 0.2) is 5.96 Å². The Kier molecular flexibility index (Phi) is 9.36. The van der Waals surface area contributed by atoms with Crippen molar-refractivity contribution >= 4 is 5.96 Å². The van der Waals surface area contributed by atoms with Gasteiger partial charge in [-0.2, -0.15) is 0 Å². The monoisotopic (exact) mass is 403 g/mol. The predicted octanol–water partition coefficient (Wildman–Crippen LogP) is 3.08. The van der Waals surface area contributed by atoms with Gasteiger partial charge in [-0.25, -0.2) is 0 Å². The molecule has 1 aliphatic rings. The predicted molar refractivity (Wildman–Crippen MR) is 100 cm³/mol. The molecule has 158 valence electrons. The van der Waals surface area contributed by atoms with E-state index in [4.69, 9.17) is 9.47 Å². The van der Waals surface area contributed by atoms with E-state index in [-0.39, 0.29) is 12.3 Å². The van der Waals surface area contributed by atoms with Crippen LogP contribution in [-0.4, -0.2) is 52.3 Å². The molecule has 1 saturated heterocycles. The minimum Gasteiger partial charge on any atom is -0.405 e. The molecule has 28 heavy (non-hydrogen) atoms. The van der Waals surface area contributed by atoms with Crippen LogP contribution in [0.5, 0.6) is 5.75 Å². The molecule has 6 nitrogen and oxygen atoms in total. The number of hydrogen-bond donors (Lipinski definition) is 2. The molecule has 1 heterocycles. The first-order chi connectivity index (χ1) is 13.5. The summed E-state index contributed by atoms with van der Waals surface area (Å²) in [7, 11) is 1.61. The Morgan fingerprint density at radius 1 is 1.21 bits per heavy atom. The van der Waals surface area contributed by atoms with E-state index in [0.717, 1.165) is 39.1 Å². The van der Waals surface area contributed by atoms with Crippen molar-refractivity contribution in [3.8, 4) is 5.75 Å². The number of nitrogens with zero attached hydrogens (tertiary/aromatic N) is 1. The molecule has 0 atom stereocenters. The van der Waals surface area contributed by atoms with E-state index < -0.39 is 6.36 Å². The van der Waals surface area contributed by atoms with Crippen LogP contribution in [-0.2, 0) is 16.0 Å². The average Bonchev–Trinajstić information content (AvgIpc) is 2.67. The van der Waals surface area contributed by atoms with Crippen LogP contribution >= 0.6 is 0 Å². The summed E-state index contributed by atoms with van der Waals surface area (Å²) in [6.07, 6.45) is -1.82. The Hall–Kier alpha value is -2.00. The molecule has 0 bridgehead atoms. The van der Waals surface area contributed by atoms with E-state index in [1.54, 1.807) is 19.2 Å². The molecular weight excluding hydrogens is 375 g/mol. The van der Waals surface area contributed by atoms with Crippen LogP contribution in [0.2, 0.25) is 0 Å². The highest BCUT2D eigenvalue weighted by Crippen LogP contribution is 2.26. The van der Waals surface area contributed by atoms with Crippen molar-refractivity contribution in [2.75, 3.05) is 40.0 Å². The Balaban J connectivity index is 1.65. The van der Waals surface area contributed by atoms with Crippen molar-refractivity contribution in [3.63, 3.8) is 0 Å². The standard InChI is InChI=1S/C19H28F3N3O3/c1-23-18(24-9-4-10-27-14-15-7-11-26-12-8-15)25-13-16-5-2-3-6-17(16)28-19(20,21)22/h2-3,5-6,15H,4,7-14H2,1H3,(H2,23,24,25). The molecule has 0 aliphatic carbocycles. The number of para-hydroxylation sites is 1. The fourth-order valence-corrected chi connectivity index (χ4v) is 2.82.